The number of hydrogen-bond acceptors (Lipinski definition) is 5. The van der Waals surface area contributed by atoms with Crippen molar-refractivity contribution in [2.24, 2.45) is 0 Å². The van der Waals surface area contributed by atoms with Gasteiger partial charge in [-0.2, -0.15) is 11.8 Å². The smallest absolute Gasteiger partial charge is 0.312 e. The van der Waals surface area contributed by atoms with Crippen molar-refractivity contribution in [2.45, 2.75) is 43.8 Å². The van der Waals surface area contributed by atoms with E-state index in [2.05, 4.69) is 18.7 Å². The van der Waals surface area contributed by atoms with Gasteiger partial charge in [0, 0.05) is 28.5 Å². The van der Waals surface area contributed by atoms with Crippen LogP contribution < -0.4 is 4.90 Å². The zero-order valence-corrected chi connectivity index (χ0v) is 13.5. The summed E-state index contributed by atoms with van der Waals surface area (Å²) in [6.45, 7) is 6.52. The lowest BCUT2D eigenvalue weighted by atomic mass is 9.91. The highest BCUT2D eigenvalue weighted by molar-refractivity contribution is 8.00. The number of rotatable bonds is 2. The van der Waals surface area contributed by atoms with Crippen LogP contribution in [-0.2, 0) is 11.2 Å². The van der Waals surface area contributed by atoms with E-state index < -0.39 is 11.9 Å². The summed E-state index contributed by atoms with van der Waals surface area (Å²) in [5.74, 6) is -0.00664. The quantitative estimate of drug-likeness (QED) is 0.910. The molecule has 2 heterocycles. The van der Waals surface area contributed by atoms with Gasteiger partial charge in [0.25, 0.3) is 0 Å². The Morgan fingerprint density at radius 3 is 3.00 bits per heavy atom. The van der Waals surface area contributed by atoms with Crippen LogP contribution in [0.25, 0.3) is 0 Å². The van der Waals surface area contributed by atoms with E-state index in [1.807, 2.05) is 11.8 Å². The molecule has 2 aliphatic rings. The topological polar surface area (TPSA) is 53.4 Å². The Morgan fingerprint density at radius 2 is 2.30 bits per heavy atom. The van der Waals surface area contributed by atoms with Crippen LogP contribution in [0.2, 0.25) is 0 Å². The van der Waals surface area contributed by atoms with Crippen LogP contribution in [0.3, 0.4) is 0 Å². The number of fused-ring (bicyclic) bond motifs is 1. The Morgan fingerprint density at radius 1 is 1.50 bits per heavy atom. The zero-order chi connectivity index (χ0) is 14.3. The first-order valence-corrected chi connectivity index (χ1v) is 8.88. The highest BCUT2D eigenvalue weighted by atomic mass is 32.2. The fraction of sp³-hybridized carbons (Fsp3) is 0.714. The van der Waals surface area contributed by atoms with Gasteiger partial charge in [0.2, 0.25) is 0 Å². The Labute approximate surface area is 127 Å². The van der Waals surface area contributed by atoms with Gasteiger partial charge >= 0.3 is 5.97 Å². The van der Waals surface area contributed by atoms with Gasteiger partial charge in [-0.3, -0.25) is 4.79 Å². The van der Waals surface area contributed by atoms with E-state index in [4.69, 9.17) is 4.98 Å². The molecule has 1 aliphatic heterocycles. The van der Waals surface area contributed by atoms with E-state index in [0.29, 0.717) is 0 Å². The van der Waals surface area contributed by atoms with Crippen LogP contribution in [0, 0.1) is 0 Å². The van der Waals surface area contributed by atoms with Crippen molar-refractivity contribution in [1.82, 2.24) is 4.98 Å². The molecule has 0 saturated carbocycles. The van der Waals surface area contributed by atoms with Crippen molar-refractivity contribution in [3.63, 3.8) is 0 Å². The average molecular weight is 312 g/mol. The molecule has 0 bridgehead atoms. The minimum atomic E-state index is -0.725. The third-order valence-electron chi connectivity index (χ3n) is 3.94. The zero-order valence-electron chi connectivity index (χ0n) is 11.9. The van der Waals surface area contributed by atoms with E-state index in [0.717, 1.165) is 48.9 Å². The number of thioether (sulfide) groups is 1. The molecular formula is C14H20N2O2S2. The summed E-state index contributed by atoms with van der Waals surface area (Å²) in [6.07, 6.45) is 2.68. The van der Waals surface area contributed by atoms with Gasteiger partial charge in [0.15, 0.2) is 5.13 Å². The first kappa shape index (κ1) is 14.2. The van der Waals surface area contributed by atoms with E-state index in [9.17, 15) is 9.90 Å². The third-order valence-corrected chi connectivity index (χ3v) is 6.43. The predicted octanol–water partition coefficient (Wildman–Crippen LogP) is 2.98. The summed E-state index contributed by atoms with van der Waals surface area (Å²) in [4.78, 5) is 19.6. The number of carboxylic acid groups (broad SMARTS) is 1. The maximum absolute atomic E-state index is 11.4. The fourth-order valence-electron chi connectivity index (χ4n) is 2.96. The molecule has 1 N–H and O–H groups in total. The molecule has 0 aromatic carbocycles. The molecule has 1 fully saturated rings. The van der Waals surface area contributed by atoms with Gasteiger partial charge in [-0.15, -0.1) is 11.3 Å². The lowest BCUT2D eigenvalue weighted by molar-refractivity contribution is -0.139. The third kappa shape index (κ3) is 2.68. The van der Waals surface area contributed by atoms with Crippen LogP contribution in [0.5, 0.6) is 0 Å². The van der Waals surface area contributed by atoms with Crippen LogP contribution in [0.4, 0.5) is 5.13 Å². The number of carboxylic acids is 1. The number of anilines is 1. The van der Waals surface area contributed by atoms with Gasteiger partial charge in [0.1, 0.15) is 5.92 Å². The Bertz CT molecular complexity index is 527. The second-order valence-electron chi connectivity index (χ2n) is 6.12. The van der Waals surface area contributed by atoms with Crippen LogP contribution in [-0.4, -0.2) is 39.6 Å². The van der Waals surface area contributed by atoms with Gasteiger partial charge in [-0.25, -0.2) is 4.98 Å². The molecule has 1 aliphatic carbocycles. The molecular weight excluding hydrogens is 292 g/mol. The minimum Gasteiger partial charge on any atom is -0.481 e. The summed E-state index contributed by atoms with van der Waals surface area (Å²) in [5, 5.41) is 10.4. The molecule has 1 aromatic rings. The van der Waals surface area contributed by atoms with Crippen molar-refractivity contribution in [3.05, 3.63) is 10.6 Å². The summed E-state index contributed by atoms with van der Waals surface area (Å²) in [7, 11) is 0. The molecule has 0 spiro atoms. The number of carbonyl (C=O) groups is 1. The predicted molar refractivity (Wildman–Crippen MR) is 84.2 cm³/mol. The van der Waals surface area contributed by atoms with E-state index in [1.165, 1.54) is 4.88 Å². The summed E-state index contributed by atoms with van der Waals surface area (Å²) in [5.41, 5.74) is 0.833. The largest absolute Gasteiger partial charge is 0.481 e. The molecule has 0 radical (unpaired) electrons. The molecule has 20 heavy (non-hydrogen) atoms. The highest BCUT2D eigenvalue weighted by Crippen LogP contribution is 2.40. The van der Waals surface area contributed by atoms with Crippen molar-refractivity contribution in [2.75, 3.05) is 23.7 Å². The minimum absolute atomic E-state index is 0.247. The van der Waals surface area contributed by atoms with Crippen molar-refractivity contribution >= 4 is 34.2 Å². The maximum Gasteiger partial charge on any atom is 0.312 e. The highest BCUT2D eigenvalue weighted by Gasteiger charge is 2.33. The molecule has 6 heteroatoms. The summed E-state index contributed by atoms with van der Waals surface area (Å²) >= 11 is 3.71. The molecule has 110 valence electrons. The summed E-state index contributed by atoms with van der Waals surface area (Å²) in [6, 6.07) is 0. The monoisotopic (exact) mass is 312 g/mol. The standard InChI is InChI=1S/C14H20N2O2S2/c1-14(2)8-16(6-7-19-14)13-15-11-9(12(17)18)4-3-5-10(11)20-13/h9H,3-8H2,1-2H3,(H,17,18). The SMILES string of the molecule is CC1(C)CN(c2nc3c(s2)CCCC3C(=O)O)CCS1. The van der Waals surface area contributed by atoms with Gasteiger partial charge < -0.3 is 10.0 Å². The summed E-state index contributed by atoms with van der Waals surface area (Å²) < 4.78 is 0.247. The molecule has 1 atom stereocenters. The van der Waals surface area contributed by atoms with E-state index in [1.54, 1.807) is 11.3 Å². The fourth-order valence-corrected chi connectivity index (χ4v) is 5.26. The Hall–Kier alpha value is -0.750. The van der Waals surface area contributed by atoms with Gasteiger partial charge in [0.05, 0.1) is 5.69 Å². The van der Waals surface area contributed by atoms with Gasteiger partial charge in [-0.1, -0.05) is 0 Å². The number of nitrogens with zero attached hydrogens (tertiary/aromatic N) is 2. The molecule has 1 aromatic heterocycles. The van der Waals surface area contributed by atoms with Crippen LogP contribution >= 0.6 is 23.1 Å². The first-order chi connectivity index (χ1) is 9.46. The number of aliphatic carboxylic acids is 1. The number of aromatic nitrogens is 1. The molecule has 0 amide bonds. The van der Waals surface area contributed by atoms with Crippen molar-refractivity contribution < 1.29 is 9.90 Å². The van der Waals surface area contributed by atoms with Gasteiger partial charge in [-0.05, 0) is 33.1 Å². The van der Waals surface area contributed by atoms with E-state index in [-0.39, 0.29) is 4.75 Å². The second kappa shape index (κ2) is 5.22. The lowest BCUT2D eigenvalue weighted by Gasteiger charge is -2.37. The average Bonchev–Trinajstić information content (AvgIpc) is 2.80. The molecule has 1 saturated heterocycles. The van der Waals surface area contributed by atoms with Crippen molar-refractivity contribution in [1.29, 1.82) is 0 Å². The van der Waals surface area contributed by atoms with Crippen LogP contribution in [0.1, 0.15) is 43.2 Å². The first-order valence-electron chi connectivity index (χ1n) is 7.07. The second-order valence-corrected chi connectivity index (χ2v) is 8.98. The Kier molecular flexibility index (Phi) is 3.71. The molecule has 4 nitrogen and oxygen atoms in total. The maximum atomic E-state index is 11.4. The molecule has 1 unspecified atom stereocenters. The van der Waals surface area contributed by atoms with Crippen molar-refractivity contribution in [3.8, 4) is 0 Å². The van der Waals surface area contributed by atoms with E-state index >= 15 is 0 Å². The number of aryl methyl sites for hydroxylation is 1. The normalized spacial score (nSPS) is 25.3. The number of hydrogen-bond donors (Lipinski definition) is 1. The molecule has 3 rings (SSSR count). The lowest BCUT2D eigenvalue weighted by Crippen LogP contribution is -2.43. The Balaban J connectivity index is 1.87. The van der Waals surface area contributed by atoms with Crippen LogP contribution in [0.15, 0.2) is 0 Å². The number of thiazole rings is 1.